The fourth-order valence-electron chi connectivity index (χ4n) is 0.953. The quantitative estimate of drug-likeness (QED) is 0.382. The summed E-state index contributed by atoms with van der Waals surface area (Å²) in [4.78, 5) is 24.9. The maximum atomic E-state index is 11.2. The van der Waals surface area contributed by atoms with Gasteiger partial charge in [0.05, 0.1) is 6.02 Å². The van der Waals surface area contributed by atoms with E-state index in [2.05, 4.69) is 4.99 Å². The first-order chi connectivity index (χ1) is 6.38. The molecule has 0 saturated heterocycles. The van der Waals surface area contributed by atoms with Gasteiger partial charge in [0.15, 0.2) is 9.84 Å². The molecular weight excluding hydrogens is 235 g/mol. The van der Waals surface area contributed by atoms with Crippen LogP contribution in [0, 0.1) is 0 Å². The molecule has 78 valence electrons. The van der Waals surface area contributed by atoms with Crippen LogP contribution >= 0.6 is 0 Å². The van der Waals surface area contributed by atoms with Gasteiger partial charge in [-0.2, -0.15) is 0 Å². The van der Waals surface area contributed by atoms with Gasteiger partial charge >= 0.3 is 29.6 Å². The van der Waals surface area contributed by atoms with Crippen molar-refractivity contribution in [2.45, 2.75) is 12.2 Å². The van der Waals surface area contributed by atoms with Gasteiger partial charge in [-0.05, 0) is 0 Å². The van der Waals surface area contributed by atoms with E-state index in [4.69, 9.17) is 0 Å². The molecule has 1 heterocycles. The Morgan fingerprint density at radius 3 is 2.40 bits per heavy atom. The molecule has 1 aliphatic rings. The van der Waals surface area contributed by atoms with Crippen LogP contribution in [0.2, 0.25) is 0 Å². The van der Waals surface area contributed by atoms with Crippen LogP contribution in [-0.2, 0) is 19.4 Å². The Kier molecular flexibility index (Phi) is 4.91. The summed E-state index contributed by atoms with van der Waals surface area (Å²) in [7, 11) is -3.85. The average molecular weight is 242 g/mol. The van der Waals surface area contributed by atoms with E-state index in [-0.39, 0.29) is 35.3 Å². The van der Waals surface area contributed by atoms with Crippen LogP contribution in [0.5, 0.6) is 0 Å². The first-order valence-corrected chi connectivity index (χ1v) is 5.42. The third-order valence-corrected chi connectivity index (χ3v) is 3.60. The minimum Gasteiger partial charge on any atom is -0.846 e. The molecule has 1 N–H and O–H groups in total. The maximum Gasteiger partial charge on any atom is 1.00 e. The van der Waals surface area contributed by atoms with E-state index in [1.807, 2.05) is 0 Å². The van der Waals surface area contributed by atoms with Gasteiger partial charge in [-0.25, -0.2) is 13.4 Å². The van der Waals surface area contributed by atoms with E-state index in [0.29, 0.717) is 0 Å². The molecule has 0 fully saturated rings. The van der Waals surface area contributed by atoms with Gasteiger partial charge in [-0.1, -0.05) is 6.92 Å². The molecule has 0 aromatic rings. The van der Waals surface area contributed by atoms with E-state index in [1.165, 1.54) is 6.92 Å². The molecule has 9 heteroatoms. The average Bonchev–Trinajstić information content (AvgIpc) is 2.01. The van der Waals surface area contributed by atoms with Crippen molar-refractivity contribution in [3.05, 3.63) is 0 Å². The number of rotatable bonds is 2. The second-order valence-electron chi connectivity index (χ2n) is 2.58. The minimum atomic E-state index is -3.85. The molecular formula is C6H7N2NaO5S. The van der Waals surface area contributed by atoms with Crippen LogP contribution < -0.4 is 40.0 Å². The fraction of sp³-hybridized carbons (Fsp3) is 0.500. The predicted octanol–water partition coefficient (Wildman–Crippen LogP) is -5.83. The van der Waals surface area contributed by atoms with Gasteiger partial charge in [0.1, 0.15) is 0 Å². The molecule has 0 spiro atoms. The van der Waals surface area contributed by atoms with Gasteiger partial charge in [0, 0.05) is 5.75 Å². The molecule has 1 unspecified atom stereocenters. The number of hydrogen-bond donors (Lipinski definition) is 1. The molecule has 1 atom stereocenters. The largest absolute Gasteiger partial charge is 1.00 e. The third kappa shape index (κ3) is 3.00. The SMILES string of the molecule is CCS(=O)(=O)C1C(=O)N=C([O-])NC1=O.[Na+]. The van der Waals surface area contributed by atoms with Crippen LogP contribution in [0.1, 0.15) is 6.92 Å². The molecule has 2 amide bonds. The second kappa shape index (κ2) is 5.06. The van der Waals surface area contributed by atoms with Gasteiger partial charge in [0.2, 0.25) is 5.25 Å². The van der Waals surface area contributed by atoms with Crippen molar-refractivity contribution >= 4 is 27.7 Å². The number of amidine groups is 1. The van der Waals surface area contributed by atoms with Crippen molar-refractivity contribution in [3.63, 3.8) is 0 Å². The van der Waals surface area contributed by atoms with Crippen molar-refractivity contribution < 1.29 is 52.7 Å². The molecule has 0 aliphatic carbocycles. The van der Waals surface area contributed by atoms with Crippen LogP contribution in [-0.4, -0.2) is 37.3 Å². The number of carbonyl (C=O) groups is 2. The predicted molar refractivity (Wildman–Crippen MR) is 43.8 cm³/mol. The van der Waals surface area contributed by atoms with Crippen molar-refractivity contribution in [1.82, 2.24) is 5.32 Å². The summed E-state index contributed by atoms with van der Waals surface area (Å²) in [5, 5.41) is 10.3. The zero-order valence-corrected chi connectivity index (χ0v) is 11.0. The van der Waals surface area contributed by atoms with E-state index in [0.717, 1.165) is 0 Å². The molecule has 0 saturated carbocycles. The van der Waals surface area contributed by atoms with Crippen molar-refractivity contribution in [2.75, 3.05) is 5.75 Å². The fourth-order valence-corrected chi connectivity index (χ4v) is 2.03. The molecule has 0 aromatic carbocycles. The molecule has 1 aliphatic heterocycles. The van der Waals surface area contributed by atoms with E-state index in [9.17, 15) is 23.1 Å². The number of hydrogen-bond acceptors (Lipinski definition) is 5. The van der Waals surface area contributed by atoms with E-state index >= 15 is 0 Å². The second-order valence-corrected chi connectivity index (χ2v) is 4.95. The van der Waals surface area contributed by atoms with Crippen molar-refractivity contribution in [1.29, 1.82) is 0 Å². The van der Waals surface area contributed by atoms with Gasteiger partial charge in [-0.15, -0.1) is 0 Å². The normalized spacial score (nSPS) is 21.4. The summed E-state index contributed by atoms with van der Waals surface area (Å²) < 4.78 is 22.5. The Morgan fingerprint density at radius 2 is 2.00 bits per heavy atom. The van der Waals surface area contributed by atoms with Crippen LogP contribution in [0.15, 0.2) is 4.99 Å². The van der Waals surface area contributed by atoms with Gasteiger partial charge in [0.25, 0.3) is 11.8 Å². The van der Waals surface area contributed by atoms with Crippen LogP contribution in [0.3, 0.4) is 0 Å². The van der Waals surface area contributed by atoms with Crippen molar-refractivity contribution in [2.24, 2.45) is 4.99 Å². The number of nitrogens with one attached hydrogen (secondary N) is 1. The standard InChI is InChI=1S/C6H8N2O5S.Na/c1-2-14(12,13)3-4(9)7-6(11)8-5(3)10;/h3H,2H2,1H3,(H2,7,8,9,10,11);/q;+1/p-1. The topological polar surface area (TPSA) is 116 Å². The Balaban J connectivity index is 0.00000196. The molecule has 15 heavy (non-hydrogen) atoms. The summed E-state index contributed by atoms with van der Waals surface area (Å²) in [6.45, 7) is 1.30. The Morgan fingerprint density at radius 1 is 1.47 bits per heavy atom. The van der Waals surface area contributed by atoms with Crippen LogP contribution in [0.4, 0.5) is 0 Å². The van der Waals surface area contributed by atoms with Crippen LogP contribution in [0.25, 0.3) is 0 Å². The summed E-state index contributed by atoms with van der Waals surface area (Å²) in [6, 6.07) is -1.12. The molecule has 0 bridgehead atoms. The van der Waals surface area contributed by atoms with Gasteiger partial charge in [-0.3, -0.25) is 9.59 Å². The van der Waals surface area contributed by atoms with E-state index < -0.39 is 32.9 Å². The summed E-state index contributed by atoms with van der Waals surface area (Å²) in [6.07, 6.45) is 0. The smallest absolute Gasteiger partial charge is 0.846 e. The molecule has 7 nitrogen and oxygen atoms in total. The van der Waals surface area contributed by atoms with Gasteiger partial charge < -0.3 is 10.4 Å². The number of amides is 2. The zero-order valence-electron chi connectivity index (χ0n) is 8.18. The number of carbonyl (C=O) groups excluding carboxylic acids is 2. The summed E-state index contributed by atoms with van der Waals surface area (Å²) in [5.74, 6) is -2.71. The molecule has 0 radical (unpaired) electrons. The Bertz CT molecular complexity index is 415. The first kappa shape index (κ1) is 14.6. The maximum absolute atomic E-state index is 11.2. The zero-order chi connectivity index (χ0) is 10.9. The first-order valence-electron chi connectivity index (χ1n) is 3.70. The molecule has 0 aromatic heterocycles. The summed E-state index contributed by atoms with van der Waals surface area (Å²) >= 11 is 0. The molecule has 1 rings (SSSR count). The number of nitrogens with zero attached hydrogens (tertiary/aromatic N) is 1. The Labute approximate surface area is 108 Å². The monoisotopic (exact) mass is 242 g/mol. The Hall–Kier alpha value is -0.440. The van der Waals surface area contributed by atoms with Crippen molar-refractivity contribution in [3.8, 4) is 0 Å². The number of sulfone groups is 1. The number of aliphatic imine (C=N–C) groups is 1. The third-order valence-electron chi connectivity index (χ3n) is 1.67. The van der Waals surface area contributed by atoms with E-state index in [1.54, 1.807) is 5.32 Å². The summed E-state index contributed by atoms with van der Waals surface area (Å²) in [5.41, 5.74) is 0. The minimum absolute atomic E-state index is 0.